The van der Waals surface area contributed by atoms with E-state index in [1.165, 1.54) is 0 Å². The molecule has 2 aromatic heterocycles. The summed E-state index contributed by atoms with van der Waals surface area (Å²) in [5.74, 6) is 0.595. The van der Waals surface area contributed by atoms with Crippen LogP contribution in [0.5, 0.6) is 0 Å². The van der Waals surface area contributed by atoms with Gasteiger partial charge in [-0.15, -0.1) is 0 Å². The van der Waals surface area contributed by atoms with Crippen molar-refractivity contribution in [2.75, 3.05) is 5.73 Å². The van der Waals surface area contributed by atoms with Crippen molar-refractivity contribution in [1.29, 1.82) is 0 Å². The van der Waals surface area contributed by atoms with Crippen LogP contribution in [0.2, 0.25) is 0 Å². The van der Waals surface area contributed by atoms with Crippen molar-refractivity contribution in [3.63, 3.8) is 0 Å². The summed E-state index contributed by atoms with van der Waals surface area (Å²) in [5.41, 5.74) is 9.83. The molecule has 6 nitrogen and oxygen atoms in total. The maximum Gasteiger partial charge on any atom is 0.138 e. The number of hydrogen-bond donors (Lipinski definition) is 2. The van der Waals surface area contributed by atoms with Gasteiger partial charge < -0.3 is 15.4 Å². The number of aryl methyl sites for hydroxylation is 1. The predicted octanol–water partition coefficient (Wildman–Crippen LogP) is 1.82. The molecular weight excluding hydrogens is 266 g/mol. The third-order valence-corrected chi connectivity index (χ3v) is 3.33. The number of nitrogens with two attached hydrogens (primary N) is 1. The Balaban J connectivity index is 2.10. The van der Waals surface area contributed by atoms with Gasteiger partial charge >= 0.3 is 0 Å². The minimum absolute atomic E-state index is 0.508. The lowest BCUT2D eigenvalue weighted by molar-refractivity contribution is 0.185. The molecule has 0 fully saturated rings. The highest BCUT2D eigenvalue weighted by molar-refractivity contribution is 5.79. The van der Waals surface area contributed by atoms with Crippen LogP contribution in [0.1, 0.15) is 30.2 Å². The molecule has 108 valence electrons. The summed E-state index contributed by atoms with van der Waals surface area (Å²) >= 11 is 0. The number of rotatable bonds is 3. The summed E-state index contributed by atoms with van der Waals surface area (Å²) in [6.07, 6.45) is 2.80. The maximum absolute atomic E-state index is 9.95. The van der Waals surface area contributed by atoms with E-state index in [-0.39, 0.29) is 0 Å². The fourth-order valence-corrected chi connectivity index (χ4v) is 2.31. The minimum atomic E-state index is -0.669. The molecular formula is C15H17N5O. The normalized spacial score (nSPS) is 12.7. The Morgan fingerprint density at radius 3 is 2.76 bits per heavy atom. The first-order chi connectivity index (χ1) is 10.0. The van der Waals surface area contributed by atoms with E-state index in [1.807, 2.05) is 23.6 Å². The zero-order valence-corrected chi connectivity index (χ0v) is 12.0. The van der Waals surface area contributed by atoms with Gasteiger partial charge in [0.1, 0.15) is 11.9 Å². The lowest BCUT2D eigenvalue weighted by atomic mass is 10.3. The number of benzene rings is 1. The van der Waals surface area contributed by atoms with E-state index in [0.717, 1.165) is 22.4 Å². The molecule has 0 aliphatic rings. The Labute approximate surface area is 122 Å². The van der Waals surface area contributed by atoms with Crippen LogP contribution in [0.3, 0.4) is 0 Å². The molecule has 3 aromatic rings. The van der Waals surface area contributed by atoms with Crippen molar-refractivity contribution in [1.82, 2.24) is 19.5 Å². The molecule has 1 unspecified atom stereocenters. The van der Waals surface area contributed by atoms with Crippen LogP contribution in [0.25, 0.3) is 11.0 Å². The van der Waals surface area contributed by atoms with Gasteiger partial charge in [-0.05, 0) is 32.0 Å². The molecule has 1 atom stereocenters. The molecule has 0 radical (unpaired) electrons. The first-order valence-corrected chi connectivity index (χ1v) is 6.76. The van der Waals surface area contributed by atoms with Gasteiger partial charge in [0.05, 0.1) is 35.2 Å². The molecule has 3 N–H and O–H groups in total. The number of aliphatic hydroxyl groups excluding tert-OH is 1. The lowest BCUT2D eigenvalue weighted by Gasteiger charge is -2.10. The number of hydrogen-bond acceptors (Lipinski definition) is 5. The largest absolute Gasteiger partial charge is 0.399 e. The molecule has 0 aliphatic heterocycles. The fourth-order valence-electron chi connectivity index (χ4n) is 2.31. The zero-order valence-electron chi connectivity index (χ0n) is 12.0. The second kappa shape index (κ2) is 5.14. The van der Waals surface area contributed by atoms with Crippen LogP contribution >= 0.6 is 0 Å². The molecule has 0 aliphatic carbocycles. The Kier molecular flexibility index (Phi) is 3.31. The number of nitrogen functional groups attached to an aromatic ring is 1. The SMILES string of the molecule is Cc1cnc(Cn2c(C(C)O)nc3cc(N)ccc32)cn1. The molecule has 1 aromatic carbocycles. The Hall–Kier alpha value is -2.47. The predicted molar refractivity (Wildman–Crippen MR) is 80.7 cm³/mol. The van der Waals surface area contributed by atoms with Crippen molar-refractivity contribution in [2.45, 2.75) is 26.5 Å². The van der Waals surface area contributed by atoms with E-state index < -0.39 is 6.10 Å². The van der Waals surface area contributed by atoms with Gasteiger partial charge in [0, 0.05) is 11.9 Å². The van der Waals surface area contributed by atoms with Crippen LogP contribution in [-0.4, -0.2) is 24.6 Å². The molecule has 0 bridgehead atoms. The topological polar surface area (TPSA) is 89.8 Å². The monoisotopic (exact) mass is 283 g/mol. The van der Waals surface area contributed by atoms with Gasteiger partial charge in [-0.1, -0.05) is 0 Å². The summed E-state index contributed by atoms with van der Waals surface area (Å²) in [6, 6.07) is 5.54. The summed E-state index contributed by atoms with van der Waals surface area (Å²) in [5, 5.41) is 9.95. The molecule has 2 heterocycles. The van der Waals surface area contributed by atoms with Crippen LogP contribution in [0.15, 0.2) is 30.6 Å². The van der Waals surface area contributed by atoms with Crippen LogP contribution < -0.4 is 5.73 Å². The smallest absolute Gasteiger partial charge is 0.138 e. The number of aliphatic hydroxyl groups is 1. The molecule has 21 heavy (non-hydrogen) atoms. The van der Waals surface area contributed by atoms with Crippen LogP contribution in [0.4, 0.5) is 5.69 Å². The van der Waals surface area contributed by atoms with E-state index in [4.69, 9.17) is 5.73 Å². The summed E-state index contributed by atoms with van der Waals surface area (Å²) in [7, 11) is 0. The molecule has 0 saturated carbocycles. The molecule has 0 spiro atoms. The van der Waals surface area contributed by atoms with Crippen LogP contribution in [0, 0.1) is 6.92 Å². The quantitative estimate of drug-likeness (QED) is 0.716. The Morgan fingerprint density at radius 2 is 2.10 bits per heavy atom. The van der Waals surface area contributed by atoms with Gasteiger partial charge in [0.2, 0.25) is 0 Å². The van der Waals surface area contributed by atoms with Gasteiger partial charge in [-0.25, -0.2) is 4.98 Å². The highest BCUT2D eigenvalue weighted by Gasteiger charge is 2.15. The summed E-state index contributed by atoms with van der Waals surface area (Å²) in [6.45, 7) is 4.10. The second-order valence-corrected chi connectivity index (χ2v) is 5.13. The number of fused-ring (bicyclic) bond motifs is 1. The lowest BCUT2D eigenvalue weighted by Crippen LogP contribution is -2.09. The van der Waals surface area contributed by atoms with Gasteiger partial charge in [-0.3, -0.25) is 9.97 Å². The third kappa shape index (κ3) is 2.57. The van der Waals surface area contributed by atoms with Crippen molar-refractivity contribution in [2.24, 2.45) is 0 Å². The highest BCUT2D eigenvalue weighted by Crippen LogP contribution is 2.23. The van der Waals surface area contributed by atoms with E-state index in [0.29, 0.717) is 18.1 Å². The first-order valence-electron chi connectivity index (χ1n) is 6.76. The Morgan fingerprint density at radius 1 is 1.29 bits per heavy atom. The molecule has 0 amide bonds. The van der Waals surface area contributed by atoms with Crippen molar-refractivity contribution in [3.05, 3.63) is 47.8 Å². The minimum Gasteiger partial charge on any atom is -0.399 e. The number of imidazole rings is 1. The van der Waals surface area contributed by atoms with Crippen molar-refractivity contribution in [3.8, 4) is 0 Å². The first kappa shape index (κ1) is 13.5. The van der Waals surface area contributed by atoms with Gasteiger partial charge in [-0.2, -0.15) is 0 Å². The molecule has 6 heteroatoms. The van der Waals surface area contributed by atoms with E-state index in [1.54, 1.807) is 25.4 Å². The van der Waals surface area contributed by atoms with Gasteiger partial charge in [0.15, 0.2) is 0 Å². The zero-order chi connectivity index (χ0) is 15.0. The average Bonchev–Trinajstić information content (AvgIpc) is 2.79. The number of anilines is 1. The van der Waals surface area contributed by atoms with Gasteiger partial charge in [0.25, 0.3) is 0 Å². The average molecular weight is 283 g/mol. The second-order valence-electron chi connectivity index (χ2n) is 5.13. The standard InChI is InChI=1S/C15H17N5O/c1-9-6-18-12(7-17-9)8-20-14-4-3-11(16)5-13(14)19-15(20)10(2)21/h3-7,10,21H,8,16H2,1-2H3. The fraction of sp³-hybridized carbons (Fsp3) is 0.267. The molecule has 3 rings (SSSR count). The summed E-state index contributed by atoms with van der Waals surface area (Å²) in [4.78, 5) is 13.1. The van der Waals surface area contributed by atoms with Crippen molar-refractivity contribution < 1.29 is 5.11 Å². The van der Waals surface area contributed by atoms with Crippen molar-refractivity contribution >= 4 is 16.7 Å². The van der Waals surface area contributed by atoms with E-state index in [2.05, 4.69) is 15.0 Å². The van der Waals surface area contributed by atoms with E-state index >= 15 is 0 Å². The Bertz CT molecular complexity index is 777. The summed E-state index contributed by atoms with van der Waals surface area (Å²) < 4.78 is 1.94. The number of nitrogens with zero attached hydrogens (tertiary/aromatic N) is 4. The number of aromatic nitrogens is 4. The third-order valence-electron chi connectivity index (χ3n) is 3.33. The molecule has 0 saturated heterocycles. The van der Waals surface area contributed by atoms with E-state index in [9.17, 15) is 5.11 Å². The highest BCUT2D eigenvalue weighted by atomic mass is 16.3. The van der Waals surface area contributed by atoms with Crippen LogP contribution in [-0.2, 0) is 6.54 Å². The maximum atomic E-state index is 9.95.